The van der Waals surface area contributed by atoms with Crippen molar-refractivity contribution >= 4 is 6.09 Å². The molecule has 1 heterocycles. The highest BCUT2D eigenvalue weighted by Gasteiger charge is 2.56. The fourth-order valence-electron chi connectivity index (χ4n) is 2.07. The van der Waals surface area contributed by atoms with Gasteiger partial charge in [0, 0.05) is 13.0 Å². The van der Waals surface area contributed by atoms with E-state index in [1.54, 1.807) is 6.08 Å². The van der Waals surface area contributed by atoms with Gasteiger partial charge in [0.15, 0.2) is 0 Å². The van der Waals surface area contributed by atoms with E-state index in [4.69, 9.17) is 5.11 Å². The first kappa shape index (κ1) is 16.7. The smallest absolute Gasteiger partial charge is 0.453 e. The summed E-state index contributed by atoms with van der Waals surface area (Å²) < 4.78 is 60.8. The number of hydrogen-bond donors (Lipinski definition) is 1. The van der Waals surface area contributed by atoms with Crippen LogP contribution in [0.5, 0.6) is 0 Å². The van der Waals surface area contributed by atoms with Gasteiger partial charge in [-0.1, -0.05) is 12.2 Å². The summed E-state index contributed by atoms with van der Waals surface area (Å²) in [4.78, 5) is 12.0. The highest BCUT2D eigenvalue weighted by atomic mass is 19.4. The Morgan fingerprint density at radius 3 is 2.50 bits per heavy atom. The normalized spacial score (nSPS) is 20.9. The molecule has 1 rings (SSSR count). The molecule has 0 aromatic carbocycles. The summed E-state index contributed by atoms with van der Waals surface area (Å²) in [6, 6.07) is -0.310. The third-order valence-corrected chi connectivity index (χ3v) is 3.18. The number of carbonyl (C=O) groups is 1. The summed E-state index contributed by atoms with van der Waals surface area (Å²) in [5.41, 5.74) is 0. The number of likely N-dealkylation sites (tertiary alicyclic amines) is 1. The molecule has 1 atom stereocenters. The van der Waals surface area contributed by atoms with E-state index in [9.17, 15) is 26.7 Å². The fraction of sp³-hybridized carbons (Fsp3) is 0.750. The molecule has 8 heteroatoms. The molecule has 0 radical (unpaired) electrons. The van der Waals surface area contributed by atoms with Gasteiger partial charge in [0.25, 0.3) is 0 Å². The molecule has 0 aromatic heterocycles. The first-order chi connectivity index (χ1) is 9.15. The molecule has 3 nitrogen and oxygen atoms in total. The quantitative estimate of drug-likeness (QED) is 0.473. The Hall–Kier alpha value is -1.34. The van der Waals surface area contributed by atoms with Crippen molar-refractivity contribution in [3.8, 4) is 0 Å². The molecule has 0 aliphatic carbocycles. The second-order valence-electron chi connectivity index (χ2n) is 4.71. The minimum absolute atomic E-state index is 0.0651. The largest absolute Gasteiger partial charge is 0.465 e. The number of amides is 1. The van der Waals surface area contributed by atoms with Gasteiger partial charge in [0.05, 0.1) is 6.04 Å². The number of hydrogen-bond acceptors (Lipinski definition) is 1. The highest BCUT2D eigenvalue weighted by Crippen LogP contribution is 2.39. The first-order valence-electron chi connectivity index (χ1n) is 6.26. The third-order valence-electron chi connectivity index (χ3n) is 3.18. The monoisotopic (exact) mass is 301 g/mol. The minimum atomic E-state index is -5.51. The maximum atomic E-state index is 12.6. The van der Waals surface area contributed by atoms with Crippen LogP contribution in [0, 0.1) is 0 Å². The van der Waals surface area contributed by atoms with Gasteiger partial charge in [-0.05, 0) is 25.7 Å². The van der Waals surface area contributed by atoms with Crippen LogP contribution in [-0.4, -0.2) is 40.8 Å². The molecule has 1 aliphatic rings. The van der Waals surface area contributed by atoms with Crippen LogP contribution in [-0.2, 0) is 0 Å². The minimum Gasteiger partial charge on any atom is -0.465 e. The maximum Gasteiger partial charge on any atom is 0.453 e. The summed E-state index contributed by atoms with van der Waals surface area (Å²) in [7, 11) is 0. The van der Waals surface area contributed by atoms with E-state index in [0.29, 0.717) is 19.4 Å². The van der Waals surface area contributed by atoms with Crippen molar-refractivity contribution in [1.29, 1.82) is 0 Å². The van der Waals surface area contributed by atoms with Gasteiger partial charge < -0.3 is 10.0 Å². The third kappa shape index (κ3) is 4.35. The van der Waals surface area contributed by atoms with Crippen LogP contribution in [0.3, 0.4) is 0 Å². The van der Waals surface area contributed by atoms with E-state index >= 15 is 0 Å². The van der Waals surface area contributed by atoms with Crippen molar-refractivity contribution in [2.45, 2.75) is 50.2 Å². The molecule has 1 amide bonds. The van der Waals surface area contributed by atoms with Crippen LogP contribution in [0.4, 0.5) is 26.7 Å². The molecule has 0 spiro atoms. The number of carboxylic acid groups (broad SMARTS) is 1. The summed E-state index contributed by atoms with van der Waals surface area (Å²) in [6.45, 7) is 0.413. The van der Waals surface area contributed by atoms with Crippen molar-refractivity contribution in [1.82, 2.24) is 4.90 Å². The standard InChI is InChI=1S/C12H16F5NO2/c13-11(14,12(15,16)17)7-3-1-2-5-9-6-4-8-18(9)10(19)20/h2,5,9H,1,3-4,6-8H2,(H,19,20)/t9-/m1/s1. The zero-order chi connectivity index (χ0) is 15.4. The van der Waals surface area contributed by atoms with Crippen molar-refractivity contribution in [3.05, 3.63) is 12.2 Å². The number of halogens is 5. The molecule has 20 heavy (non-hydrogen) atoms. The average molecular weight is 301 g/mol. The molecule has 116 valence electrons. The van der Waals surface area contributed by atoms with Gasteiger partial charge in [0.1, 0.15) is 0 Å². The van der Waals surface area contributed by atoms with Crippen LogP contribution in [0.1, 0.15) is 32.1 Å². The Balaban J connectivity index is 2.34. The molecule has 0 saturated carbocycles. The van der Waals surface area contributed by atoms with Gasteiger partial charge in [-0.25, -0.2) is 4.79 Å². The van der Waals surface area contributed by atoms with Gasteiger partial charge >= 0.3 is 18.2 Å². The van der Waals surface area contributed by atoms with E-state index in [0.717, 1.165) is 0 Å². The zero-order valence-corrected chi connectivity index (χ0v) is 10.7. The van der Waals surface area contributed by atoms with Crippen LogP contribution in [0.2, 0.25) is 0 Å². The lowest BCUT2D eigenvalue weighted by molar-refractivity contribution is -0.284. The van der Waals surface area contributed by atoms with Gasteiger partial charge in [-0.3, -0.25) is 0 Å². The lowest BCUT2D eigenvalue weighted by Crippen LogP contribution is -2.36. The van der Waals surface area contributed by atoms with Crippen molar-refractivity contribution in [2.75, 3.05) is 6.54 Å². The number of nitrogens with zero attached hydrogens (tertiary/aromatic N) is 1. The predicted octanol–water partition coefficient (Wildman–Crippen LogP) is 4.05. The van der Waals surface area contributed by atoms with Crippen LogP contribution in [0.25, 0.3) is 0 Å². The van der Waals surface area contributed by atoms with Crippen LogP contribution >= 0.6 is 0 Å². The van der Waals surface area contributed by atoms with Gasteiger partial charge in [-0.15, -0.1) is 0 Å². The Bertz CT molecular complexity index is 367. The molecule has 1 N–H and O–H groups in total. The predicted molar refractivity (Wildman–Crippen MR) is 61.7 cm³/mol. The molecule has 1 saturated heterocycles. The highest BCUT2D eigenvalue weighted by molar-refractivity contribution is 5.66. The van der Waals surface area contributed by atoms with E-state index in [-0.39, 0.29) is 18.9 Å². The van der Waals surface area contributed by atoms with Crippen molar-refractivity contribution < 1.29 is 31.9 Å². The fourth-order valence-corrected chi connectivity index (χ4v) is 2.07. The zero-order valence-electron chi connectivity index (χ0n) is 10.7. The molecule has 0 unspecified atom stereocenters. The number of unbranched alkanes of at least 4 members (excludes halogenated alkanes) is 1. The Morgan fingerprint density at radius 2 is 1.95 bits per heavy atom. The SMILES string of the molecule is O=C(O)N1CCC[C@H]1C=CCCCC(F)(F)C(F)(F)F. The molecule has 0 aromatic rings. The van der Waals surface area contributed by atoms with Gasteiger partial charge in [0.2, 0.25) is 0 Å². The summed E-state index contributed by atoms with van der Waals surface area (Å²) >= 11 is 0. The first-order valence-corrected chi connectivity index (χ1v) is 6.26. The summed E-state index contributed by atoms with van der Waals surface area (Å²) in [5.74, 6) is -4.67. The number of rotatable bonds is 5. The Labute approximate surface area is 113 Å². The Kier molecular flexibility index (Phi) is 5.35. The van der Waals surface area contributed by atoms with E-state index in [1.807, 2.05) is 0 Å². The molecular formula is C12H16F5NO2. The molecule has 0 bridgehead atoms. The second-order valence-corrected chi connectivity index (χ2v) is 4.71. The Morgan fingerprint density at radius 1 is 1.30 bits per heavy atom. The lowest BCUT2D eigenvalue weighted by Gasteiger charge is -2.19. The van der Waals surface area contributed by atoms with Crippen molar-refractivity contribution in [2.24, 2.45) is 0 Å². The van der Waals surface area contributed by atoms with E-state index < -0.39 is 24.6 Å². The topological polar surface area (TPSA) is 40.5 Å². The molecule has 1 aliphatic heterocycles. The summed E-state index contributed by atoms with van der Waals surface area (Å²) in [5, 5.41) is 8.85. The summed E-state index contributed by atoms with van der Waals surface area (Å²) in [6.07, 6.45) is -3.67. The van der Waals surface area contributed by atoms with Crippen LogP contribution < -0.4 is 0 Å². The lowest BCUT2D eigenvalue weighted by atomic mass is 10.1. The molecular weight excluding hydrogens is 285 g/mol. The second kappa shape index (κ2) is 6.41. The van der Waals surface area contributed by atoms with E-state index in [2.05, 4.69) is 0 Å². The number of allylic oxidation sites excluding steroid dienone is 1. The van der Waals surface area contributed by atoms with Crippen molar-refractivity contribution in [3.63, 3.8) is 0 Å². The average Bonchev–Trinajstić information content (AvgIpc) is 2.75. The van der Waals surface area contributed by atoms with Gasteiger partial charge in [-0.2, -0.15) is 22.0 Å². The maximum absolute atomic E-state index is 12.6. The molecule has 1 fully saturated rings. The number of alkyl halides is 5. The van der Waals surface area contributed by atoms with Crippen LogP contribution in [0.15, 0.2) is 12.2 Å². The van der Waals surface area contributed by atoms with E-state index in [1.165, 1.54) is 11.0 Å².